The average Bonchev–Trinajstić information content (AvgIpc) is 2.94. The Bertz CT molecular complexity index is 1290. The monoisotopic (exact) mass is 490 g/mol. The Morgan fingerprint density at radius 3 is 2.16 bits per heavy atom. The Morgan fingerprint density at radius 2 is 1.43 bits per heavy atom. The quantitative estimate of drug-likeness (QED) is 0.282. The molecule has 37 heavy (non-hydrogen) atoms. The predicted octanol–water partition coefficient (Wildman–Crippen LogP) is 7.28. The molecule has 188 valence electrons. The molecule has 4 aromatic carbocycles. The molecule has 2 aliphatic carbocycles. The summed E-state index contributed by atoms with van der Waals surface area (Å²) in [6.45, 7) is 0.844. The van der Waals surface area contributed by atoms with Crippen LogP contribution < -0.4 is 9.47 Å². The van der Waals surface area contributed by atoms with Crippen LogP contribution in [0.5, 0.6) is 11.5 Å². The highest BCUT2D eigenvalue weighted by Gasteiger charge is 2.33. The number of ether oxygens (including phenoxy) is 2. The fraction of sp³-hybridized carbons (Fsp3) is 0.294. The second-order valence-corrected chi connectivity index (χ2v) is 10.5. The zero-order valence-corrected chi connectivity index (χ0v) is 21.1. The van der Waals surface area contributed by atoms with Crippen LogP contribution in [0.4, 0.5) is 0 Å². The molecule has 0 spiro atoms. The van der Waals surface area contributed by atoms with Crippen LogP contribution >= 0.6 is 0 Å². The number of hydrogen-bond donors (Lipinski definition) is 1. The first-order chi connectivity index (χ1) is 18.3. The lowest BCUT2D eigenvalue weighted by Crippen LogP contribution is -2.35. The van der Waals surface area contributed by atoms with Crippen molar-refractivity contribution in [3.63, 3.8) is 0 Å². The molecule has 0 heterocycles. The van der Waals surface area contributed by atoms with Gasteiger partial charge in [-0.25, -0.2) is 0 Å². The third-order valence-electron chi connectivity index (χ3n) is 8.05. The maximum absolute atomic E-state index is 9.29. The van der Waals surface area contributed by atoms with Crippen LogP contribution in [0, 0.1) is 5.92 Å². The molecule has 3 heteroatoms. The summed E-state index contributed by atoms with van der Waals surface area (Å²) in [6.07, 6.45) is 4.26. The fourth-order valence-electron chi connectivity index (χ4n) is 5.96. The average molecular weight is 491 g/mol. The van der Waals surface area contributed by atoms with E-state index in [9.17, 15) is 5.11 Å². The Kier molecular flexibility index (Phi) is 6.96. The van der Waals surface area contributed by atoms with Crippen LogP contribution in [0.2, 0.25) is 0 Å². The van der Waals surface area contributed by atoms with E-state index in [1.54, 1.807) is 0 Å². The summed E-state index contributed by atoms with van der Waals surface area (Å²) < 4.78 is 12.3. The van der Waals surface area contributed by atoms with Gasteiger partial charge < -0.3 is 14.6 Å². The molecule has 0 amide bonds. The van der Waals surface area contributed by atoms with Gasteiger partial charge in [-0.15, -0.1) is 0 Å². The Morgan fingerprint density at radius 1 is 0.730 bits per heavy atom. The molecule has 0 unspecified atom stereocenters. The van der Waals surface area contributed by atoms with Crippen LogP contribution in [-0.2, 0) is 13.0 Å². The molecule has 4 aromatic rings. The summed E-state index contributed by atoms with van der Waals surface area (Å²) in [5.74, 6) is 2.96. The first-order valence-corrected chi connectivity index (χ1v) is 13.5. The molecule has 0 aromatic heterocycles. The lowest BCUT2D eigenvalue weighted by Gasteiger charge is -2.35. The maximum Gasteiger partial charge on any atom is 0.120 e. The van der Waals surface area contributed by atoms with Crippen LogP contribution in [0.3, 0.4) is 0 Å². The van der Waals surface area contributed by atoms with Gasteiger partial charge >= 0.3 is 0 Å². The predicted molar refractivity (Wildman–Crippen MR) is 147 cm³/mol. The van der Waals surface area contributed by atoms with Crippen LogP contribution in [0.25, 0.3) is 0 Å². The molecule has 0 aliphatic heterocycles. The third kappa shape index (κ3) is 5.28. The van der Waals surface area contributed by atoms with Gasteiger partial charge in [-0.3, -0.25) is 0 Å². The van der Waals surface area contributed by atoms with E-state index in [0.29, 0.717) is 18.4 Å². The van der Waals surface area contributed by atoms with Gasteiger partial charge in [-0.05, 0) is 89.6 Å². The molecule has 2 aliphatic rings. The minimum atomic E-state index is 0.227. The van der Waals surface area contributed by atoms with E-state index in [1.165, 1.54) is 27.8 Å². The zero-order chi connectivity index (χ0) is 25.0. The molecule has 6 rings (SSSR count). The van der Waals surface area contributed by atoms with E-state index in [0.717, 1.165) is 37.2 Å². The van der Waals surface area contributed by atoms with Crippen molar-refractivity contribution < 1.29 is 14.6 Å². The lowest BCUT2D eigenvalue weighted by atomic mass is 9.69. The molecule has 1 N–H and O–H groups in total. The minimum Gasteiger partial charge on any atom is -0.490 e. The van der Waals surface area contributed by atoms with Gasteiger partial charge in [-0.1, -0.05) is 78.9 Å². The van der Waals surface area contributed by atoms with Crippen LogP contribution in [0.15, 0.2) is 103 Å². The van der Waals surface area contributed by atoms with Gasteiger partial charge in [0.2, 0.25) is 0 Å². The number of aliphatic hydroxyl groups is 1. The molecule has 0 bridgehead atoms. The molecule has 1 saturated carbocycles. The molecular weight excluding hydrogens is 456 g/mol. The standard InChI is InChI=1S/C34H34O3/c35-22-25-19-31(20-25)37-29-14-11-27(12-15-29)34-32(26-9-5-2-6-10-26)17-13-28-21-30(16-18-33(28)34)36-23-24-7-3-1-4-8-24/h1-12,14-16,18,21,25,31-32,34-35H,13,17,19-20,22-23H2/t25?,31?,32-,34+/m1/s1. The van der Waals surface area contributed by atoms with E-state index in [1.807, 2.05) is 18.2 Å². The smallest absolute Gasteiger partial charge is 0.120 e. The first kappa shape index (κ1) is 23.8. The number of aryl methyl sites for hydroxylation is 1. The van der Waals surface area contributed by atoms with E-state index < -0.39 is 0 Å². The van der Waals surface area contributed by atoms with Crippen molar-refractivity contribution in [2.24, 2.45) is 5.92 Å². The largest absolute Gasteiger partial charge is 0.490 e. The van der Waals surface area contributed by atoms with Crippen molar-refractivity contribution in [3.05, 3.63) is 131 Å². The summed E-state index contributed by atoms with van der Waals surface area (Å²) in [7, 11) is 0. The third-order valence-corrected chi connectivity index (χ3v) is 8.05. The normalized spacial score (nSPS) is 22.5. The molecule has 3 nitrogen and oxygen atoms in total. The van der Waals surface area contributed by atoms with Gasteiger partial charge in [0.1, 0.15) is 18.1 Å². The highest BCUT2D eigenvalue weighted by Crippen LogP contribution is 2.47. The van der Waals surface area contributed by atoms with Gasteiger partial charge in [0.05, 0.1) is 6.10 Å². The molecule has 0 saturated heterocycles. The number of benzene rings is 4. The number of rotatable bonds is 8. The first-order valence-electron chi connectivity index (χ1n) is 13.5. The van der Waals surface area contributed by atoms with Gasteiger partial charge in [0.25, 0.3) is 0 Å². The van der Waals surface area contributed by atoms with Gasteiger partial charge in [0, 0.05) is 12.5 Å². The summed E-state index contributed by atoms with van der Waals surface area (Å²) in [5, 5.41) is 9.29. The van der Waals surface area contributed by atoms with Crippen molar-refractivity contribution in [3.8, 4) is 11.5 Å². The molecular formula is C34H34O3. The number of hydrogen-bond acceptors (Lipinski definition) is 3. The van der Waals surface area contributed by atoms with Crippen molar-refractivity contribution >= 4 is 0 Å². The molecule has 1 fully saturated rings. The Hall–Kier alpha value is -3.56. The van der Waals surface area contributed by atoms with Crippen molar-refractivity contribution in [2.75, 3.05) is 6.61 Å². The van der Waals surface area contributed by atoms with E-state index in [2.05, 4.69) is 84.9 Å². The van der Waals surface area contributed by atoms with Crippen molar-refractivity contribution in [1.82, 2.24) is 0 Å². The van der Waals surface area contributed by atoms with E-state index in [4.69, 9.17) is 9.47 Å². The SMILES string of the molecule is OCC1CC(Oc2ccc([C@@H]3c4ccc(OCc5ccccc5)cc4CC[C@@H]3c3ccccc3)cc2)C1. The molecule has 0 radical (unpaired) electrons. The van der Waals surface area contributed by atoms with E-state index >= 15 is 0 Å². The second kappa shape index (κ2) is 10.8. The lowest BCUT2D eigenvalue weighted by molar-refractivity contribution is 0.0325. The minimum absolute atomic E-state index is 0.227. The summed E-state index contributed by atoms with van der Waals surface area (Å²) in [6, 6.07) is 36.7. The maximum atomic E-state index is 9.29. The summed E-state index contributed by atoms with van der Waals surface area (Å²) in [5.41, 5.74) is 6.67. The number of fused-ring (bicyclic) bond motifs is 1. The topological polar surface area (TPSA) is 38.7 Å². The number of aliphatic hydroxyl groups excluding tert-OH is 1. The summed E-state index contributed by atoms with van der Waals surface area (Å²) >= 11 is 0. The van der Waals surface area contributed by atoms with Gasteiger partial charge in [0.15, 0.2) is 0 Å². The highest BCUT2D eigenvalue weighted by molar-refractivity contribution is 5.48. The Balaban J connectivity index is 1.26. The Labute approximate surface area is 219 Å². The van der Waals surface area contributed by atoms with Crippen LogP contribution in [-0.4, -0.2) is 17.8 Å². The van der Waals surface area contributed by atoms with Crippen molar-refractivity contribution in [2.45, 2.75) is 50.2 Å². The second-order valence-electron chi connectivity index (χ2n) is 10.5. The molecule has 2 atom stereocenters. The van der Waals surface area contributed by atoms with Crippen molar-refractivity contribution in [1.29, 1.82) is 0 Å². The highest BCUT2D eigenvalue weighted by atomic mass is 16.5. The van der Waals surface area contributed by atoms with Crippen LogP contribution in [0.1, 0.15) is 58.9 Å². The summed E-state index contributed by atoms with van der Waals surface area (Å²) in [4.78, 5) is 0. The zero-order valence-electron chi connectivity index (χ0n) is 21.1. The fourth-order valence-corrected chi connectivity index (χ4v) is 5.96. The van der Waals surface area contributed by atoms with Gasteiger partial charge in [-0.2, -0.15) is 0 Å². The van der Waals surface area contributed by atoms with E-state index in [-0.39, 0.29) is 18.6 Å².